The minimum atomic E-state index is 0.200. The summed E-state index contributed by atoms with van der Waals surface area (Å²) >= 11 is 0. The number of hydrogen-bond donors (Lipinski definition) is 0. The van der Waals surface area contributed by atoms with Gasteiger partial charge in [0.1, 0.15) is 0 Å². The lowest BCUT2D eigenvalue weighted by Crippen LogP contribution is -2.37. The summed E-state index contributed by atoms with van der Waals surface area (Å²) in [5.74, 6) is 0.618. The molecule has 1 aliphatic rings. The van der Waals surface area contributed by atoms with Crippen LogP contribution in [0.5, 0.6) is 0 Å². The Kier molecular flexibility index (Phi) is 3.79. The molecule has 0 radical (unpaired) electrons. The Labute approximate surface area is 102 Å². The Balaban J connectivity index is 2.06. The third-order valence-corrected chi connectivity index (χ3v) is 3.10. The molecule has 92 valence electrons. The van der Waals surface area contributed by atoms with Crippen molar-refractivity contribution in [1.82, 2.24) is 0 Å². The summed E-state index contributed by atoms with van der Waals surface area (Å²) in [5.41, 5.74) is 2.18. The van der Waals surface area contributed by atoms with E-state index in [4.69, 9.17) is 4.74 Å². The molecule has 0 aromatic heterocycles. The van der Waals surface area contributed by atoms with Gasteiger partial charge in [-0.25, -0.2) is 0 Å². The summed E-state index contributed by atoms with van der Waals surface area (Å²) in [6.07, 6.45) is 0.599. The first-order chi connectivity index (χ1) is 8.20. The van der Waals surface area contributed by atoms with Crippen molar-refractivity contribution in [1.29, 1.82) is 0 Å². The molecule has 0 atom stereocenters. The predicted molar refractivity (Wildman–Crippen MR) is 68.1 cm³/mol. The lowest BCUT2D eigenvalue weighted by molar-refractivity contribution is -0.123. The van der Waals surface area contributed by atoms with Gasteiger partial charge in [0, 0.05) is 24.6 Å². The molecule has 3 heteroatoms. The molecule has 1 fully saturated rings. The van der Waals surface area contributed by atoms with Gasteiger partial charge in [-0.05, 0) is 31.5 Å². The molecule has 1 aromatic carbocycles. The van der Waals surface area contributed by atoms with E-state index >= 15 is 0 Å². The van der Waals surface area contributed by atoms with Crippen molar-refractivity contribution in [3.63, 3.8) is 0 Å². The van der Waals surface area contributed by atoms with Crippen molar-refractivity contribution in [3.05, 3.63) is 29.8 Å². The zero-order chi connectivity index (χ0) is 12.3. The topological polar surface area (TPSA) is 29.5 Å². The Bertz CT molecular complexity index is 399. The molecule has 1 aromatic rings. The normalized spacial score (nSPS) is 15.4. The SMILES string of the molecule is CCN(C(=O)CC1COC1)c1cccc(C)c1. The van der Waals surface area contributed by atoms with Crippen molar-refractivity contribution in [2.75, 3.05) is 24.7 Å². The number of rotatable bonds is 4. The standard InChI is InChI=1S/C14H19NO2/c1-3-15(13-6-4-5-11(2)7-13)14(16)8-12-9-17-10-12/h4-7,12H,3,8-10H2,1-2H3. The molecule has 1 heterocycles. The van der Waals surface area contributed by atoms with Crippen LogP contribution >= 0.6 is 0 Å². The summed E-state index contributed by atoms with van der Waals surface area (Å²) in [4.78, 5) is 14.0. The fourth-order valence-corrected chi connectivity index (χ4v) is 2.06. The number of hydrogen-bond acceptors (Lipinski definition) is 2. The molecule has 0 saturated carbocycles. The molecule has 0 bridgehead atoms. The summed E-state index contributed by atoms with van der Waals surface area (Å²) < 4.78 is 5.10. The zero-order valence-corrected chi connectivity index (χ0v) is 10.5. The van der Waals surface area contributed by atoms with E-state index in [2.05, 4.69) is 6.07 Å². The summed E-state index contributed by atoms with van der Waals surface area (Å²) in [6, 6.07) is 8.08. The van der Waals surface area contributed by atoms with Gasteiger partial charge in [-0.1, -0.05) is 12.1 Å². The summed E-state index contributed by atoms with van der Waals surface area (Å²) in [5, 5.41) is 0. The van der Waals surface area contributed by atoms with Crippen molar-refractivity contribution < 1.29 is 9.53 Å². The van der Waals surface area contributed by atoms with Gasteiger partial charge in [-0.3, -0.25) is 4.79 Å². The van der Waals surface area contributed by atoms with Crippen LogP contribution in [0.3, 0.4) is 0 Å². The van der Waals surface area contributed by atoms with Crippen LogP contribution in [0.4, 0.5) is 5.69 Å². The van der Waals surface area contributed by atoms with E-state index in [-0.39, 0.29) is 5.91 Å². The predicted octanol–water partition coefficient (Wildman–Crippen LogP) is 2.38. The van der Waals surface area contributed by atoms with Gasteiger partial charge in [0.05, 0.1) is 13.2 Å². The van der Waals surface area contributed by atoms with E-state index in [9.17, 15) is 4.79 Å². The highest BCUT2D eigenvalue weighted by Gasteiger charge is 2.24. The molecule has 0 unspecified atom stereocenters. The largest absolute Gasteiger partial charge is 0.381 e. The molecule has 1 saturated heterocycles. The van der Waals surface area contributed by atoms with Gasteiger partial charge in [0.25, 0.3) is 0 Å². The summed E-state index contributed by atoms with van der Waals surface area (Å²) in [6.45, 7) is 6.24. The van der Waals surface area contributed by atoms with Crippen LogP contribution in [0.15, 0.2) is 24.3 Å². The van der Waals surface area contributed by atoms with E-state index in [0.717, 1.165) is 25.4 Å². The van der Waals surface area contributed by atoms with Crippen LogP contribution in [0.1, 0.15) is 18.9 Å². The van der Waals surface area contributed by atoms with E-state index < -0.39 is 0 Å². The maximum Gasteiger partial charge on any atom is 0.227 e. The highest BCUT2D eigenvalue weighted by atomic mass is 16.5. The van der Waals surface area contributed by atoms with Gasteiger partial charge < -0.3 is 9.64 Å². The number of benzene rings is 1. The van der Waals surface area contributed by atoms with Crippen molar-refractivity contribution in [2.45, 2.75) is 20.3 Å². The molecule has 2 rings (SSSR count). The molecule has 0 spiro atoms. The van der Waals surface area contributed by atoms with Crippen LogP contribution in [-0.2, 0) is 9.53 Å². The second-order valence-corrected chi connectivity index (χ2v) is 4.58. The van der Waals surface area contributed by atoms with Crippen molar-refractivity contribution in [2.24, 2.45) is 5.92 Å². The first-order valence-electron chi connectivity index (χ1n) is 6.15. The van der Waals surface area contributed by atoms with Crippen LogP contribution in [-0.4, -0.2) is 25.7 Å². The molecule has 1 amide bonds. The number of aryl methyl sites for hydroxylation is 1. The average molecular weight is 233 g/mol. The van der Waals surface area contributed by atoms with E-state index in [0.29, 0.717) is 12.3 Å². The van der Waals surface area contributed by atoms with Crippen LogP contribution in [0.25, 0.3) is 0 Å². The first kappa shape index (κ1) is 12.1. The highest BCUT2D eigenvalue weighted by Crippen LogP contribution is 2.20. The molecule has 0 aliphatic carbocycles. The molecule has 17 heavy (non-hydrogen) atoms. The molecule has 3 nitrogen and oxygen atoms in total. The van der Waals surface area contributed by atoms with E-state index in [1.54, 1.807) is 0 Å². The number of amides is 1. The number of carbonyl (C=O) groups excluding carboxylic acids is 1. The maximum absolute atomic E-state index is 12.2. The first-order valence-corrected chi connectivity index (χ1v) is 6.15. The van der Waals surface area contributed by atoms with Crippen molar-refractivity contribution >= 4 is 11.6 Å². The van der Waals surface area contributed by atoms with E-state index in [1.807, 2.05) is 36.9 Å². The van der Waals surface area contributed by atoms with Gasteiger partial charge >= 0.3 is 0 Å². The third-order valence-electron chi connectivity index (χ3n) is 3.10. The summed E-state index contributed by atoms with van der Waals surface area (Å²) in [7, 11) is 0. The maximum atomic E-state index is 12.2. The van der Waals surface area contributed by atoms with Gasteiger partial charge in [0.15, 0.2) is 0 Å². The Morgan fingerprint density at radius 1 is 1.47 bits per heavy atom. The molecular weight excluding hydrogens is 214 g/mol. The minimum absolute atomic E-state index is 0.200. The van der Waals surface area contributed by atoms with E-state index in [1.165, 1.54) is 5.56 Å². The van der Waals surface area contributed by atoms with Gasteiger partial charge in [-0.15, -0.1) is 0 Å². The monoisotopic (exact) mass is 233 g/mol. The second kappa shape index (κ2) is 5.32. The number of nitrogens with zero attached hydrogens (tertiary/aromatic N) is 1. The third kappa shape index (κ3) is 2.86. The van der Waals surface area contributed by atoms with Crippen LogP contribution in [0.2, 0.25) is 0 Å². The Hall–Kier alpha value is -1.35. The molecular formula is C14H19NO2. The molecule has 0 N–H and O–H groups in total. The van der Waals surface area contributed by atoms with Crippen LogP contribution < -0.4 is 4.90 Å². The lowest BCUT2D eigenvalue weighted by Gasteiger charge is -2.28. The fraction of sp³-hybridized carbons (Fsp3) is 0.500. The Morgan fingerprint density at radius 2 is 2.24 bits per heavy atom. The average Bonchev–Trinajstić information content (AvgIpc) is 2.25. The highest BCUT2D eigenvalue weighted by molar-refractivity contribution is 5.93. The quantitative estimate of drug-likeness (QED) is 0.799. The number of ether oxygens (including phenoxy) is 1. The minimum Gasteiger partial charge on any atom is -0.381 e. The van der Waals surface area contributed by atoms with Crippen LogP contribution in [0, 0.1) is 12.8 Å². The number of anilines is 1. The zero-order valence-electron chi connectivity index (χ0n) is 10.5. The van der Waals surface area contributed by atoms with Gasteiger partial charge in [0.2, 0.25) is 5.91 Å². The fourth-order valence-electron chi connectivity index (χ4n) is 2.06. The number of carbonyl (C=O) groups is 1. The smallest absolute Gasteiger partial charge is 0.227 e. The second-order valence-electron chi connectivity index (χ2n) is 4.58. The molecule has 1 aliphatic heterocycles. The van der Waals surface area contributed by atoms with Gasteiger partial charge in [-0.2, -0.15) is 0 Å². The lowest BCUT2D eigenvalue weighted by atomic mass is 10.0. The Morgan fingerprint density at radius 3 is 2.76 bits per heavy atom. The van der Waals surface area contributed by atoms with Crippen molar-refractivity contribution in [3.8, 4) is 0 Å².